The van der Waals surface area contributed by atoms with Gasteiger partial charge in [0.2, 0.25) is 0 Å². The van der Waals surface area contributed by atoms with Gasteiger partial charge in [-0.1, -0.05) is 36.4 Å². The van der Waals surface area contributed by atoms with E-state index in [1.807, 2.05) is 64.3 Å². The molecule has 0 amide bonds. The van der Waals surface area contributed by atoms with Crippen molar-refractivity contribution in [3.05, 3.63) is 71.0 Å². The zero-order valence-electron chi connectivity index (χ0n) is 14.4. The number of hydrogen-bond acceptors (Lipinski definition) is 1. The number of aromatic nitrogens is 2. The quantitative estimate of drug-likeness (QED) is 0.500. The first kappa shape index (κ1) is 14.8. The second-order valence-electron chi connectivity index (χ2n) is 6.40. The van der Waals surface area contributed by atoms with E-state index >= 15 is 0 Å². The van der Waals surface area contributed by atoms with Crippen LogP contribution in [0.2, 0.25) is 0 Å². The van der Waals surface area contributed by atoms with Gasteiger partial charge < -0.3 is 9.13 Å². The van der Waals surface area contributed by atoms with Crippen LogP contribution in [0.3, 0.4) is 0 Å². The molecule has 0 aliphatic carbocycles. The molecule has 120 valence electrons. The highest BCUT2D eigenvalue weighted by molar-refractivity contribution is 6.23. The van der Waals surface area contributed by atoms with E-state index in [1.165, 1.54) is 0 Å². The van der Waals surface area contributed by atoms with Gasteiger partial charge in [-0.05, 0) is 26.0 Å². The molecule has 2 aromatic heterocycles. The van der Waals surface area contributed by atoms with Crippen molar-refractivity contribution in [3.63, 3.8) is 0 Å². The molecule has 2 aromatic carbocycles. The van der Waals surface area contributed by atoms with E-state index < -0.39 is 0 Å². The van der Waals surface area contributed by atoms with E-state index in [0.717, 1.165) is 44.3 Å². The van der Waals surface area contributed by atoms with E-state index in [2.05, 4.69) is 21.3 Å². The van der Waals surface area contributed by atoms with Gasteiger partial charge >= 0.3 is 0 Å². The summed E-state index contributed by atoms with van der Waals surface area (Å²) in [7, 11) is 4.04. The van der Waals surface area contributed by atoms with Gasteiger partial charge in [-0.15, -0.1) is 0 Å². The van der Waals surface area contributed by atoms with Gasteiger partial charge in [-0.25, -0.2) is 0 Å². The topological polar surface area (TPSA) is 26.9 Å². The molecule has 0 spiro atoms. The molecule has 0 radical (unpaired) electrons. The summed E-state index contributed by atoms with van der Waals surface area (Å²) in [6.07, 6.45) is 0. The number of carbonyl (C=O) groups excluding carboxylic acids is 1. The zero-order valence-corrected chi connectivity index (χ0v) is 14.4. The van der Waals surface area contributed by atoms with Crippen molar-refractivity contribution in [2.45, 2.75) is 13.8 Å². The lowest BCUT2D eigenvalue weighted by Crippen LogP contribution is -2.06. The Morgan fingerprint density at radius 1 is 0.708 bits per heavy atom. The minimum absolute atomic E-state index is 0.110. The number of ketones is 1. The molecule has 24 heavy (non-hydrogen) atoms. The van der Waals surface area contributed by atoms with Crippen molar-refractivity contribution in [3.8, 4) is 0 Å². The molecule has 0 unspecified atom stereocenters. The Labute approximate surface area is 141 Å². The van der Waals surface area contributed by atoms with Crippen molar-refractivity contribution >= 4 is 27.6 Å². The Bertz CT molecular complexity index is 1020. The van der Waals surface area contributed by atoms with Crippen LogP contribution < -0.4 is 0 Å². The summed E-state index contributed by atoms with van der Waals surface area (Å²) in [5, 5.41) is 2.05. The number of nitrogens with zero attached hydrogens (tertiary/aromatic N) is 2. The molecular formula is C21H20N2O. The van der Waals surface area contributed by atoms with Crippen LogP contribution in [0.1, 0.15) is 27.3 Å². The van der Waals surface area contributed by atoms with Crippen molar-refractivity contribution < 1.29 is 4.79 Å². The largest absolute Gasteiger partial charge is 0.347 e. The van der Waals surface area contributed by atoms with E-state index in [-0.39, 0.29) is 5.78 Å². The monoisotopic (exact) mass is 316 g/mol. The summed E-state index contributed by atoms with van der Waals surface area (Å²) >= 11 is 0. The van der Waals surface area contributed by atoms with Gasteiger partial charge in [0.05, 0.1) is 11.1 Å². The van der Waals surface area contributed by atoms with E-state index in [4.69, 9.17) is 0 Å². The second kappa shape index (κ2) is 5.10. The van der Waals surface area contributed by atoms with Crippen LogP contribution >= 0.6 is 0 Å². The van der Waals surface area contributed by atoms with Crippen molar-refractivity contribution in [2.75, 3.05) is 0 Å². The molecule has 0 saturated heterocycles. The first-order valence-electron chi connectivity index (χ1n) is 8.15. The standard InChI is InChI=1S/C21H20N2O/c1-13-19(15-9-5-7-11-17(15)22(13)3)21(24)20-14(2)23(4)18-12-8-6-10-16(18)20/h5-12H,1-4H3. The van der Waals surface area contributed by atoms with Gasteiger partial charge in [0.25, 0.3) is 0 Å². The Hall–Kier alpha value is -2.81. The van der Waals surface area contributed by atoms with Crippen molar-refractivity contribution in [1.29, 1.82) is 0 Å². The number of hydrogen-bond donors (Lipinski definition) is 0. The highest BCUT2D eigenvalue weighted by Crippen LogP contribution is 2.32. The molecule has 4 rings (SSSR count). The summed E-state index contributed by atoms with van der Waals surface area (Å²) in [4.78, 5) is 13.5. The molecule has 0 saturated carbocycles. The summed E-state index contributed by atoms with van der Waals surface area (Å²) in [5.74, 6) is 0.110. The van der Waals surface area contributed by atoms with Gasteiger partial charge in [0.15, 0.2) is 5.78 Å². The molecule has 0 N–H and O–H groups in total. The van der Waals surface area contributed by atoms with Crippen LogP contribution in [0.25, 0.3) is 21.8 Å². The average molecular weight is 316 g/mol. The Morgan fingerprint density at radius 3 is 1.50 bits per heavy atom. The number of para-hydroxylation sites is 2. The third-order valence-corrected chi connectivity index (χ3v) is 5.25. The maximum atomic E-state index is 13.5. The number of carbonyl (C=O) groups is 1. The van der Waals surface area contributed by atoms with E-state index in [9.17, 15) is 4.79 Å². The van der Waals surface area contributed by atoms with Gasteiger partial charge in [0, 0.05) is 47.3 Å². The second-order valence-corrected chi connectivity index (χ2v) is 6.40. The van der Waals surface area contributed by atoms with E-state index in [1.54, 1.807) is 0 Å². The third kappa shape index (κ3) is 1.81. The number of benzene rings is 2. The van der Waals surface area contributed by atoms with Gasteiger partial charge in [-0.3, -0.25) is 4.79 Å². The smallest absolute Gasteiger partial charge is 0.197 e. The summed E-state index contributed by atoms with van der Waals surface area (Å²) in [5.41, 5.74) is 5.83. The number of rotatable bonds is 2. The third-order valence-electron chi connectivity index (χ3n) is 5.25. The molecule has 3 nitrogen and oxygen atoms in total. The first-order valence-corrected chi connectivity index (χ1v) is 8.15. The lowest BCUT2D eigenvalue weighted by molar-refractivity contribution is 0.104. The minimum Gasteiger partial charge on any atom is -0.347 e. The highest BCUT2D eigenvalue weighted by Gasteiger charge is 2.24. The summed E-state index contributed by atoms with van der Waals surface area (Å²) in [6, 6.07) is 16.2. The Balaban J connectivity index is 2.06. The predicted molar refractivity (Wildman–Crippen MR) is 98.7 cm³/mol. The molecule has 0 atom stereocenters. The molecule has 0 aliphatic rings. The molecule has 0 bridgehead atoms. The zero-order chi connectivity index (χ0) is 17.0. The van der Waals surface area contributed by atoms with Gasteiger partial charge in [-0.2, -0.15) is 0 Å². The normalized spacial score (nSPS) is 11.5. The van der Waals surface area contributed by atoms with Gasteiger partial charge in [0.1, 0.15) is 0 Å². The fourth-order valence-corrected chi connectivity index (χ4v) is 3.74. The van der Waals surface area contributed by atoms with Crippen molar-refractivity contribution in [1.82, 2.24) is 9.13 Å². The average Bonchev–Trinajstić information content (AvgIpc) is 3.00. The fourth-order valence-electron chi connectivity index (χ4n) is 3.74. The number of fused-ring (bicyclic) bond motifs is 2. The molecule has 0 fully saturated rings. The lowest BCUT2D eigenvalue weighted by atomic mass is 9.98. The Kier molecular flexibility index (Phi) is 3.14. The van der Waals surface area contributed by atoms with E-state index in [0.29, 0.717) is 0 Å². The molecule has 3 heteroatoms. The van der Waals surface area contributed by atoms with Crippen LogP contribution in [0.5, 0.6) is 0 Å². The molecule has 2 heterocycles. The lowest BCUT2D eigenvalue weighted by Gasteiger charge is -2.04. The van der Waals surface area contributed by atoms with Crippen LogP contribution in [0.15, 0.2) is 48.5 Å². The van der Waals surface area contributed by atoms with Crippen LogP contribution in [-0.2, 0) is 14.1 Å². The summed E-state index contributed by atoms with van der Waals surface area (Å²) in [6.45, 7) is 4.04. The number of aryl methyl sites for hydroxylation is 2. The SMILES string of the molecule is Cc1c(C(=O)c2c(C)n(C)c3ccccc23)c2ccccc2n1C. The highest BCUT2D eigenvalue weighted by atomic mass is 16.1. The van der Waals surface area contributed by atoms with Crippen LogP contribution in [0, 0.1) is 13.8 Å². The molecular weight excluding hydrogens is 296 g/mol. The Morgan fingerprint density at radius 2 is 1.08 bits per heavy atom. The fraction of sp³-hybridized carbons (Fsp3) is 0.190. The van der Waals surface area contributed by atoms with Crippen molar-refractivity contribution in [2.24, 2.45) is 14.1 Å². The maximum Gasteiger partial charge on any atom is 0.197 e. The van der Waals surface area contributed by atoms with Crippen LogP contribution in [-0.4, -0.2) is 14.9 Å². The molecule has 0 aliphatic heterocycles. The minimum atomic E-state index is 0.110. The maximum absolute atomic E-state index is 13.5. The predicted octanol–water partition coefficient (Wildman–Crippen LogP) is 4.52. The van der Waals surface area contributed by atoms with Crippen LogP contribution in [0.4, 0.5) is 0 Å². The first-order chi connectivity index (χ1) is 11.5. The summed E-state index contributed by atoms with van der Waals surface area (Å²) < 4.78 is 4.20. The molecule has 4 aromatic rings.